The molecule has 0 aliphatic heterocycles. The number of fused-ring (bicyclic) bond motifs is 1. The van der Waals surface area contributed by atoms with Crippen molar-refractivity contribution in [3.63, 3.8) is 0 Å². The molecule has 28 heavy (non-hydrogen) atoms. The third-order valence-corrected chi connectivity index (χ3v) is 5.20. The second kappa shape index (κ2) is 7.93. The van der Waals surface area contributed by atoms with Crippen LogP contribution < -0.4 is 10.9 Å². The number of rotatable bonds is 5. The third-order valence-electron chi connectivity index (χ3n) is 4.31. The molecule has 3 rings (SSSR count). The maximum Gasteiger partial charge on any atom is 0.339 e. The van der Waals surface area contributed by atoms with E-state index in [9.17, 15) is 14.4 Å². The van der Waals surface area contributed by atoms with Crippen LogP contribution in [-0.4, -0.2) is 28.0 Å². The molecular formula is C20H21N3O4S. The number of nitrogens with one attached hydrogen (secondary N) is 1. The van der Waals surface area contributed by atoms with Crippen LogP contribution >= 0.6 is 11.3 Å². The van der Waals surface area contributed by atoms with Crippen molar-refractivity contribution in [1.82, 2.24) is 9.55 Å². The van der Waals surface area contributed by atoms with Gasteiger partial charge in [0.15, 0.2) is 0 Å². The van der Waals surface area contributed by atoms with Crippen LogP contribution in [0, 0.1) is 20.8 Å². The van der Waals surface area contributed by atoms with Crippen LogP contribution in [0.15, 0.2) is 28.6 Å². The molecule has 0 saturated carbocycles. The highest BCUT2D eigenvalue weighted by Crippen LogP contribution is 2.23. The van der Waals surface area contributed by atoms with Gasteiger partial charge in [0.2, 0.25) is 5.91 Å². The second-order valence-electron chi connectivity index (χ2n) is 6.55. The normalized spacial score (nSPS) is 10.9. The number of benzene rings is 1. The Kier molecular flexibility index (Phi) is 5.60. The van der Waals surface area contributed by atoms with E-state index in [0.29, 0.717) is 4.83 Å². The van der Waals surface area contributed by atoms with Gasteiger partial charge in [-0.15, -0.1) is 11.3 Å². The maximum atomic E-state index is 12.8. The fourth-order valence-corrected chi connectivity index (χ4v) is 4.02. The fraction of sp³-hybridized carbons (Fsp3) is 0.300. The first-order valence-corrected chi connectivity index (χ1v) is 9.71. The predicted molar refractivity (Wildman–Crippen MR) is 109 cm³/mol. The molecule has 7 nitrogen and oxygen atoms in total. The van der Waals surface area contributed by atoms with Crippen LogP contribution in [0.5, 0.6) is 0 Å². The van der Waals surface area contributed by atoms with Gasteiger partial charge in [-0.1, -0.05) is 17.7 Å². The lowest BCUT2D eigenvalue weighted by Crippen LogP contribution is -2.28. The summed E-state index contributed by atoms with van der Waals surface area (Å²) in [6.07, 6.45) is 1.32. The number of hydrogen-bond donors (Lipinski definition) is 1. The number of aryl methyl sites for hydroxylation is 3. The van der Waals surface area contributed by atoms with Gasteiger partial charge in [-0.05, 0) is 38.8 Å². The summed E-state index contributed by atoms with van der Waals surface area (Å²) in [5, 5.41) is 4.60. The number of aromatic nitrogens is 2. The molecule has 0 fully saturated rings. The zero-order valence-electron chi connectivity index (χ0n) is 16.2. The fourth-order valence-electron chi connectivity index (χ4n) is 3.15. The zero-order chi connectivity index (χ0) is 20.4. The summed E-state index contributed by atoms with van der Waals surface area (Å²) in [6.45, 7) is 7.55. The van der Waals surface area contributed by atoms with E-state index in [2.05, 4.69) is 10.3 Å². The van der Waals surface area contributed by atoms with Gasteiger partial charge in [-0.3, -0.25) is 14.2 Å². The molecule has 0 unspecified atom stereocenters. The largest absolute Gasteiger partial charge is 0.462 e. The van der Waals surface area contributed by atoms with E-state index in [1.807, 2.05) is 32.9 Å². The third kappa shape index (κ3) is 3.82. The lowest BCUT2D eigenvalue weighted by atomic mass is 10.1. The Bertz CT molecular complexity index is 1110. The van der Waals surface area contributed by atoms with Gasteiger partial charge in [0.25, 0.3) is 5.56 Å². The van der Waals surface area contributed by atoms with Crippen molar-refractivity contribution in [2.24, 2.45) is 0 Å². The van der Waals surface area contributed by atoms with Crippen molar-refractivity contribution < 1.29 is 14.3 Å². The first-order valence-electron chi connectivity index (χ1n) is 8.83. The summed E-state index contributed by atoms with van der Waals surface area (Å²) in [6, 6.07) is 3.97. The number of hydrogen-bond acceptors (Lipinski definition) is 6. The Balaban J connectivity index is 1.89. The van der Waals surface area contributed by atoms with E-state index >= 15 is 0 Å². The molecule has 2 heterocycles. The summed E-state index contributed by atoms with van der Waals surface area (Å²) in [5.74, 6) is -0.910. The van der Waals surface area contributed by atoms with Gasteiger partial charge in [0.1, 0.15) is 11.4 Å². The van der Waals surface area contributed by atoms with Crippen LogP contribution in [0.1, 0.15) is 34.0 Å². The standard InChI is InChI=1S/C20H21N3O4S/c1-5-27-20(26)14-9-28-18-16(14)19(25)23(10-21-18)8-15(24)22-17-12(3)6-11(2)7-13(17)4/h6-7,9-10H,5,8H2,1-4H3,(H,22,24). The number of esters is 1. The minimum absolute atomic E-state index is 0.180. The Morgan fingerprint density at radius 2 is 1.89 bits per heavy atom. The maximum absolute atomic E-state index is 12.8. The molecule has 0 atom stereocenters. The predicted octanol–water partition coefficient (Wildman–Crippen LogP) is 3.20. The van der Waals surface area contributed by atoms with Gasteiger partial charge in [0, 0.05) is 11.1 Å². The summed E-state index contributed by atoms with van der Waals surface area (Å²) in [4.78, 5) is 42.1. The van der Waals surface area contributed by atoms with E-state index in [1.165, 1.54) is 22.2 Å². The SMILES string of the molecule is CCOC(=O)c1csc2ncn(CC(=O)Nc3c(C)cc(C)cc3C)c(=O)c12. The van der Waals surface area contributed by atoms with Gasteiger partial charge in [-0.25, -0.2) is 9.78 Å². The molecule has 3 aromatic rings. The number of thiophene rings is 1. The number of nitrogens with zero attached hydrogens (tertiary/aromatic N) is 2. The lowest BCUT2D eigenvalue weighted by molar-refractivity contribution is -0.116. The molecule has 0 spiro atoms. The van der Waals surface area contributed by atoms with E-state index < -0.39 is 11.5 Å². The quantitative estimate of drug-likeness (QED) is 0.666. The average molecular weight is 399 g/mol. The molecule has 1 N–H and O–H groups in total. The van der Waals surface area contributed by atoms with Gasteiger partial charge in [0.05, 0.1) is 23.9 Å². The number of ether oxygens (including phenoxy) is 1. The summed E-state index contributed by atoms with van der Waals surface area (Å²) in [7, 11) is 0. The Hall–Kier alpha value is -3.00. The van der Waals surface area contributed by atoms with Crippen LogP contribution in [0.2, 0.25) is 0 Å². The molecule has 8 heteroatoms. The Morgan fingerprint density at radius 1 is 1.21 bits per heavy atom. The van der Waals surface area contributed by atoms with E-state index in [0.717, 1.165) is 22.4 Å². The number of amides is 1. The van der Waals surface area contributed by atoms with Crippen molar-refractivity contribution in [3.05, 3.63) is 56.4 Å². The highest BCUT2D eigenvalue weighted by molar-refractivity contribution is 7.17. The highest BCUT2D eigenvalue weighted by atomic mass is 32.1. The number of carbonyl (C=O) groups excluding carboxylic acids is 2. The molecule has 1 amide bonds. The lowest BCUT2D eigenvalue weighted by Gasteiger charge is -2.13. The summed E-state index contributed by atoms with van der Waals surface area (Å²) < 4.78 is 6.20. The van der Waals surface area contributed by atoms with Crippen molar-refractivity contribution in [1.29, 1.82) is 0 Å². The number of carbonyl (C=O) groups is 2. The molecule has 0 bridgehead atoms. The average Bonchev–Trinajstić information content (AvgIpc) is 3.06. The molecule has 0 aliphatic carbocycles. The minimum Gasteiger partial charge on any atom is -0.462 e. The van der Waals surface area contributed by atoms with Crippen molar-refractivity contribution >= 4 is 39.1 Å². The zero-order valence-corrected chi connectivity index (χ0v) is 17.0. The number of anilines is 1. The molecule has 0 aliphatic rings. The van der Waals surface area contributed by atoms with Gasteiger partial charge in [-0.2, -0.15) is 0 Å². The Morgan fingerprint density at radius 3 is 2.54 bits per heavy atom. The first-order chi connectivity index (χ1) is 13.3. The van der Waals surface area contributed by atoms with Crippen LogP contribution in [0.4, 0.5) is 5.69 Å². The van der Waals surface area contributed by atoms with E-state index in [1.54, 1.807) is 12.3 Å². The first kappa shape index (κ1) is 19.8. The molecule has 0 saturated heterocycles. The topological polar surface area (TPSA) is 90.3 Å². The molecule has 146 valence electrons. The van der Waals surface area contributed by atoms with Crippen molar-refractivity contribution in [2.45, 2.75) is 34.2 Å². The smallest absolute Gasteiger partial charge is 0.339 e. The molecule has 1 aromatic carbocycles. The monoisotopic (exact) mass is 399 g/mol. The summed E-state index contributed by atoms with van der Waals surface area (Å²) >= 11 is 1.19. The molecule has 0 radical (unpaired) electrons. The van der Waals surface area contributed by atoms with Crippen molar-refractivity contribution in [3.8, 4) is 0 Å². The Labute approximate surface area is 166 Å². The molecular weight excluding hydrogens is 378 g/mol. The second-order valence-corrected chi connectivity index (χ2v) is 7.41. The van der Waals surface area contributed by atoms with Crippen molar-refractivity contribution in [2.75, 3.05) is 11.9 Å². The van der Waals surface area contributed by atoms with Gasteiger partial charge >= 0.3 is 5.97 Å². The van der Waals surface area contributed by atoms with Gasteiger partial charge < -0.3 is 10.1 Å². The van der Waals surface area contributed by atoms with E-state index in [-0.39, 0.29) is 30.0 Å². The highest BCUT2D eigenvalue weighted by Gasteiger charge is 2.19. The molecule has 2 aromatic heterocycles. The van der Waals surface area contributed by atoms with Crippen LogP contribution in [0.3, 0.4) is 0 Å². The minimum atomic E-state index is -0.569. The van der Waals surface area contributed by atoms with Crippen LogP contribution in [0.25, 0.3) is 10.2 Å². The van der Waals surface area contributed by atoms with Crippen LogP contribution in [-0.2, 0) is 16.1 Å². The summed E-state index contributed by atoms with van der Waals surface area (Å²) in [5.41, 5.74) is 3.49. The van der Waals surface area contributed by atoms with E-state index in [4.69, 9.17) is 4.74 Å².